The lowest BCUT2D eigenvalue weighted by Gasteiger charge is -2.12. The van der Waals surface area contributed by atoms with E-state index in [0.29, 0.717) is 24.4 Å². The molecule has 4 aromatic rings. The first-order chi connectivity index (χ1) is 16.9. The number of pyridine rings is 1. The molecule has 2 heterocycles. The number of aryl methyl sites for hydroxylation is 1. The van der Waals surface area contributed by atoms with E-state index in [4.69, 9.17) is 9.26 Å². The van der Waals surface area contributed by atoms with Crippen LogP contribution in [0.3, 0.4) is 0 Å². The largest absolute Gasteiger partial charge is 0.489 e. The maximum atomic E-state index is 11.6. The van der Waals surface area contributed by atoms with Crippen molar-refractivity contribution in [3.8, 4) is 28.2 Å². The fourth-order valence-electron chi connectivity index (χ4n) is 4.23. The number of nitrogens with zero attached hydrogens (tertiary/aromatic N) is 2. The van der Waals surface area contributed by atoms with Crippen LogP contribution in [0, 0.1) is 6.92 Å². The van der Waals surface area contributed by atoms with E-state index in [1.165, 1.54) is 0 Å². The van der Waals surface area contributed by atoms with Gasteiger partial charge < -0.3 is 19.7 Å². The molecule has 0 amide bonds. The molecule has 0 unspecified atom stereocenters. The molecule has 0 radical (unpaired) electrons. The first-order valence-electron chi connectivity index (χ1n) is 11.7. The summed E-state index contributed by atoms with van der Waals surface area (Å²) in [7, 11) is 0. The molecule has 0 bridgehead atoms. The normalized spacial score (nSPS) is 14.1. The van der Waals surface area contributed by atoms with Crippen LogP contribution < -0.4 is 10.1 Å². The second-order valence-corrected chi connectivity index (χ2v) is 9.21. The number of carbonyl (C=O) groups is 1. The number of nitrogens with one attached hydrogen (secondary N) is 1. The SMILES string of the molecule is Cc1noc(-c2ccc(-c3ccc(C4(C(=O)O)CC4)cc3)cc2)c1Nc1cncc(OC(C)C)c1. The second-order valence-electron chi connectivity index (χ2n) is 9.21. The predicted molar refractivity (Wildman–Crippen MR) is 134 cm³/mol. The van der Waals surface area contributed by atoms with E-state index in [2.05, 4.69) is 15.5 Å². The fraction of sp³-hybridized carbons (Fsp3) is 0.250. The van der Waals surface area contributed by atoms with Gasteiger partial charge in [0.15, 0.2) is 5.76 Å². The van der Waals surface area contributed by atoms with E-state index in [1.807, 2.05) is 75.4 Å². The Hall–Kier alpha value is -4.13. The van der Waals surface area contributed by atoms with Gasteiger partial charge in [-0.25, -0.2) is 0 Å². The number of aromatic nitrogens is 2. The van der Waals surface area contributed by atoms with Crippen LogP contribution in [0.5, 0.6) is 5.75 Å². The van der Waals surface area contributed by atoms with Crippen molar-refractivity contribution in [3.05, 3.63) is 78.2 Å². The Morgan fingerprint density at radius 3 is 2.26 bits per heavy atom. The van der Waals surface area contributed by atoms with E-state index in [1.54, 1.807) is 12.4 Å². The fourth-order valence-corrected chi connectivity index (χ4v) is 4.23. The first kappa shape index (κ1) is 22.7. The van der Waals surface area contributed by atoms with Crippen molar-refractivity contribution in [2.24, 2.45) is 0 Å². The van der Waals surface area contributed by atoms with Crippen LogP contribution in [-0.2, 0) is 10.2 Å². The third-order valence-electron chi connectivity index (χ3n) is 6.29. The summed E-state index contributed by atoms with van der Waals surface area (Å²) in [5.74, 6) is 0.583. The maximum Gasteiger partial charge on any atom is 0.314 e. The third kappa shape index (κ3) is 4.49. The summed E-state index contributed by atoms with van der Waals surface area (Å²) < 4.78 is 11.4. The molecular formula is C28H27N3O4. The van der Waals surface area contributed by atoms with Crippen LogP contribution in [-0.4, -0.2) is 27.3 Å². The molecule has 1 saturated carbocycles. The van der Waals surface area contributed by atoms with Crippen molar-refractivity contribution < 1.29 is 19.2 Å². The summed E-state index contributed by atoms with van der Waals surface area (Å²) in [6.45, 7) is 5.83. The van der Waals surface area contributed by atoms with Crippen LogP contribution in [0.15, 0.2) is 71.5 Å². The van der Waals surface area contributed by atoms with Gasteiger partial charge in [-0.15, -0.1) is 0 Å². The molecule has 2 aromatic heterocycles. The highest BCUT2D eigenvalue weighted by atomic mass is 16.5. The van der Waals surface area contributed by atoms with Crippen molar-refractivity contribution in [1.82, 2.24) is 10.1 Å². The monoisotopic (exact) mass is 469 g/mol. The Labute approximate surface area is 203 Å². The van der Waals surface area contributed by atoms with Crippen LogP contribution in [0.25, 0.3) is 22.5 Å². The molecule has 2 N–H and O–H groups in total. The molecule has 178 valence electrons. The average molecular weight is 470 g/mol. The number of rotatable bonds is 8. The molecule has 7 nitrogen and oxygen atoms in total. The maximum absolute atomic E-state index is 11.6. The van der Waals surface area contributed by atoms with Crippen molar-refractivity contribution in [3.63, 3.8) is 0 Å². The number of benzene rings is 2. The summed E-state index contributed by atoms with van der Waals surface area (Å²) >= 11 is 0. The lowest BCUT2D eigenvalue weighted by atomic mass is 9.93. The molecule has 35 heavy (non-hydrogen) atoms. The average Bonchev–Trinajstić information content (AvgIpc) is 3.59. The first-order valence-corrected chi connectivity index (χ1v) is 11.7. The van der Waals surface area contributed by atoms with Gasteiger partial charge in [0.1, 0.15) is 17.1 Å². The zero-order valence-corrected chi connectivity index (χ0v) is 19.9. The lowest BCUT2D eigenvalue weighted by Crippen LogP contribution is -2.19. The Bertz CT molecular complexity index is 1350. The summed E-state index contributed by atoms with van der Waals surface area (Å²) in [5.41, 5.74) is 5.43. The van der Waals surface area contributed by atoms with Crippen molar-refractivity contribution >= 4 is 17.3 Å². The van der Waals surface area contributed by atoms with Crippen LogP contribution in [0.2, 0.25) is 0 Å². The van der Waals surface area contributed by atoms with Gasteiger partial charge in [0, 0.05) is 11.6 Å². The summed E-state index contributed by atoms with van der Waals surface area (Å²) in [5, 5.41) is 17.0. The lowest BCUT2D eigenvalue weighted by molar-refractivity contribution is -0.140. The van der Waals surface area contributed by atoms with Gasteiger partial charge in [-0.3, -0.25) is 9.78 Å². The number of aliphatic carboxylic acids is 1. The minimum Gasteiger partial charge on any atom is -0.489 e. The molecule has 1 aliphatic carbocycles. The van der Waals surface area contributed by atoms with Crippen LogP contribution in [0.1, 0.15) is 37.9 Å². The highest BCUT2D eigenvalue weighted by Crippen LogP contribution is 2.48. The second kappa shape index (κ2) is 8.91. The van der Waals surface area contributed by atoms with E-state index < -0.39 is 11.4 Å². The van der Waals surface area contributed by atoms with Gasteiger partial charge in [0.2, 0.25) is 0 Å². The molecular weight excluding hydrogens is 442 g/mol. The molecule has 0 spiro atoms. The molecule has 0 atom stereocenters. The number of carboxylic acid groups (broad SMARTS) is 1. The molecule has 7 heteroatoms. The third-order valence-corrected chi connectivity index (χ3v) is 6.29. The van der Waals surface area contributed by atoms with Crippen molar-refractivity contribution in [2.75, 3.05) is 5.32 Å². The molecule has 0 aliphatic heterocycles. The molecule has 1 aliphatic rings. The Balaban J connectivity index is 1.36. The van der Waals surface area contributed by atoms with Gasteiger partial charge in [-0.2, -0.15) is 0 Å². The van der Waals surface area contributed by atoms with Gasteiger partial charge >= 0.3 is 5.97 Å². The van der Waals surface area contributed by atoms with E-state index in [9.17, 15) is 9.90 Å². The van der Waals surface area contributed by atoms with Crippen molar-refractivity contribution in [1.29, 1.82) is 0 Å². The summed E-state index contributed by atoms with van der Waals surface area (Å²) in [6.07, 6.45) is 4.88. The highest BCUT2D eigenvalue weighted by molar-refractivity contribution is 5.85. The Kier molecular flexibility index (Phi) is 5.76. The minimum absolute atomic E-state index is 0.0571. The molecule has 1 fully saturated rings. The molecule has 0 saturated heterocycles. The minimum atomic E-state index is -0.740. The topological polar surface area (TPSA) is 97.5 Å². The van der Waals surface area contributed by atoms with Gasteiger partial charge in [-0.05, 0) is 50.3 Å². The van der Waals surface area contributed by atoms with E-state index in [-0.39, 0.29) is 6.10 Å². The smallest absolute Gasteiger partial charge is 0.314 e. The van der Waals surface area contributed by atoms with Crippen LogP contribution >= 0.6 is 0 Å². The number of ether oxygens (including phenoxy) is 1. The Morgan fingerprint density at radius 2 is 1.66 bits per heavy atom. The predicted octanol–water partition coefficient (Wildman–Crippen LogP) is 6.36. The van der Waals surface area contributed by atoms with E-state index in [0.717, 1.165) is 39.3 Å². The molecule has 2 aromatic carbocycles. The standard InChI is InChI=1S/C28H27N3O4/c1-17(2)34-24-14-23(15-29-16-24)30-25-18(3)31-35-26(25)21-6-4-19(5-7-21)20-8-10-22(11-9-20)28(12-13-28)27(32)33/h4-11,14-17,30H,12-13H2,1-3H3,(H,32,33). The van der Waals surface area contributed by atoms with Gasteiger partial charge in [0.25, 0.3) is 0 Å². The summed E-state index contributed by atoms with van der Waals surface area (Å²) in [6, 6.07) is 17.7. The van der Waals surface area contributed by atoms with Crippen molar-refractivity contribution in [2.45, 2.75) is 45.1 Å². The number of carboxylic acids is 1. The molecule has 5 rings (SSSR count). The van der Waals surface area contributed by atoms with Gasteiger partial charge in [-0.1, -0.05) is 53.7 Å². The zero-order chi connectivity index (χ0) is 24.6. The quantitative estimate of drug-likeness (QED) is 0.310. The summed E-state index contributed by atoms with van der Waals surface area (Å²) in [4.78, 5) is 15.8. The Morgan fingerprint density at radius 1 is 1.03 bits per heavy atom. The zero-order valence-electron chi connectivity index (χ0n) is 19.9. The number of hydrogen-bond donors (Lipinski definition) is 2. The van der Waals surface area contributed by atoms with Gasteiger partial charge in [0.05, 0.1) is 29.6 Å². The highest BCUT2D eigenvalue weighted by Gasteiger charge is 2.51. The number of anilines is 2. The van der Waals surface area contributed by atoms with E-state index >= 15 is 0 Å². The van der Waals surface area contributed by atoms with Crippen LogP contribution in [0.4, 0.5) is 11.4 Å². The number of hydrogen-bond acceptors (Lipinski definition) is 6.